The minimum atomic E-state index is -0.0372. The highest BCUT2D eigenvalue weighted by molar-refractivity contribution is 4.74. The zero-order valence-corrected chi connectivity index (χ0v) is 11.0. The first-order valence-electron chi connectivity index (χ1n) is 5.96. The molecule has 0 radical (unpaired) electrons. The van der Waals surface area contributed by atoms with Crippen molar-refractivity contribution in [3.63, 3.8) is 0 Å². The Morgan fingerprint density at radius 1 is 1.40 bits per heavy atom. The van der Waals surface area contributed by atoms with E-state index in [2.05, 4.69) is 33.1 Å². The van der Waals surface area contributed by atoms with Crippen molar-refractivity contribution in [2.75, 3.05) is 7.11 Å². The zero-order valence-electron chi connectivity index (χ0n) is 11.0. The molecule has 0 amide bonds. The normalized spacial score (nSPS) is 16.4. The molecule has 0 spiro atoms. The van der Waals surface area contributed by atoms with Crippen LogP contribution in [0.4, 0.5) is 0 Å². The summed E-state index contributed by atoms with van der Waals surface area (Å²) in [5, 5.41) is 0. The second-order valence-corrected chi connectivity index (χ2v) is 5.12. The molecule has 0 aromatic carbocycles. The molecule has 2 unspecified atom stereocenters. The molecule has 0 heterocycles. The van der Waals surface area contributed by atoms with E-state index in [-0.39, 0.29) is 5.60 Å². The van der Waals surface area contributed by atoms with Gasteiger partial charge in [0.25, 0.3) is 0 Å². The standard InChI is InChI=1S/C12H28N2O/c1-6-10(2)9-11(14-13)7-8-12(3,4)15-5/h10-11,14H,6-9,13H2,1-5H3. The molecule has 15 heavy (non-hydrogen) atoms. The Morgan fingerprint density at radius 3 is 2.40 bits per heavy atom. The van der Waals surface area contributed by atoms with Gasteiger partial charge in [-0.1, -0.05) is 20.3 Å². The number of hydrogen-bond acceptors (Lipinski definition) is 3. The Kier molecular flexibility index (Phi) is 7.14. The summed E-state index contributed by atoms with van der Waals surface area (Å²) in [4.78, 5) is 0. The number of ether oxygens (including phenoxy) is 1. The van der Waals surface area contributed by atoms with E-state index in [0.29, 0.717) is 6.04 Å². The largest absolute Gasteiger partial charge is 0.379 e. The van der Waals surface area contributed by atoms with Gasteiger partial charge in [-0.15, -0.1) is 0 Å². The molecule has 0 bridgehead atoms. The number of nitrogens with two attached hydrogens (primary N) is 1. The summed E-state index contributed by atoms with van der Waals surface area (Å²) in [5.41, 5.74) is 2.87. The highest BCUT2D eigenvalue weighted by Gasteiger charge is 2.19. The molecule has 0 aromatic heterocycles. The van der Waals surface area contributed by atoms with Gasteiger partial charge in [0.1, 0.15) is 0 Å². The molecule has 0 aliphatic carbocycles. The van der Waals surface area contributed by atoms with E-state index in [9.17, 15) is 0 Å². The first-order valence-corrected chi connectivity index (χ1v) is 5.96. The van der Waals surface area contributed by atoms with Crippen LogP contribution in [0, 0.1) is 5.92 Å². The highest BCUT2D eigenvalue weighted by Crippen LogP contribution is 2.20. The Morgan fingerprint density at radius 2 is 2.00 bits per heavy atom. The van der Waals surface area contributed by atoms with Crippen molar-refractivity contribution in [2.45, 2.75) is 65.0 Å². The Hall–Kier alpha value is -0.120. The quantitative estimate of drug-likeness (QED) is 0.484. The van der Waals surface area contributed by atoms with Crippen LogP contribution in [-0.2, 0) is 4.74 Å². The van der Waals surface area contributed by atoms with Gasteiger partial charge in [0, 0.05) is 13.2 Å². The SMILES string of the molecule is CCC(C)CC(CCC(C)(C)OC)NN. The van der Waals surface area contributed by atoms with Gasteiger partial charge >= 0.3 is 0 Å². The fourth-order valence-corrected chi connectivity index (χ4v) is 1.55. The zero-order chi connectivity index (χ0) is 11.9. The van der Waals surface area contributed by atoms with Crippen LogP contribution in [0.25, 0.3) is 0 Å². The fourth-order valence-electron chi connectivity index (χ4n) is 1.55. The van der Waals surface area contributed by atoms with Crippen LogP contribution in [0.1, 0.15) is 53.4 Å². The molecule has 3 N–H and O–H groups in total. The molecular weight excluding hydrogens is 188 g/mol. The number of nitrogens with one attached hydrogen (secondary N) is 1. The average molecular weight is 216 g/mol. The van der Waals surface area contributed by atoms with Gasteiger partial charge in [0.15, 0.2) is 0 Å². The van der Waals surface area contributed by atoms with Gasteiger partial charge in [0.05, 0.1) is 5.60 Å². The van der Waals surface area contributed by atoms with Gasteiger partial charge < -0.3 is 4.74 Å². The Bertz CT molecular complexity index is 160. The van der Waals surface area contributed by atoms with Crippen molar-refractivity contribution in [3.05, 3.63) is 0 Å². The van der Waals surface area contributed by atoms with E-state index in [0.717, 1.165) is 25.2 Å². The third kappa shape index (κ3) is 6.88. The van der Waals surface area contributed by atoms with E-state index < -0.39 is 0 Å². The summed E-state index contributed by atoms with van der Waals surface area (Å²) in [5.74, 6) is 6.29. The van der Waals surface area contributed by atoms with E-state index in [1.807, 2.05) is 0 Å². The minimum Gasteiger partial charge on any atom is -0.379 e. The van der Waals surface area contributed by atoms with E-state index in [4.69, 9.17) is 10.6 Å². The van der Waals surface area contributed by atoms with E-state index in [1.54, 1.807) is 7.11 Å². The summed E-state index contributed by atoms with van der Waals surface area (Å²) in [6.45, 7) is 8.72. The molecule has 2 atom stereocenters. The van der Waals surface area contributed by atoms with Gasteiger partial charge in [-0.25, -0.2) is 0 Å². The molecule has 92 valence electrons. The smallest absolute Gasteiger partial charge is 0.0623 e. The van der Waals surface area contributed by atoms with Gasteiger partial charge in [-0.3, -0.25) is 11.3 Å². The maximum Gasteiger partial charge on any atom is 0.0623 e. The molecule has 0 aromatic rings. The third-order valence-corrected chi connectivity index (χ3v) is 3.27. The first-order chi connectivity index (χ1) is 6.95. The van der Waals surface area contributed by atoms with Crippen LogP contribution in [0.15, 0.2) is 0 Å². The maximum atomic E-state index is 5.56. The minimum absolute atomic E-state index is 0.0372. The summed E-state index contributed by atoms with van der Waals surface area (Å²) < 4.78 is 5.40. The third-order valence-electron chi connectivity index (χ3n) is 3.27. The van der Waals surface area contributed by atoms with Crippen molar-refractivity contribution in [3.8, 4) is 0 Å². The summed E-state index contributed by atoms with van der Waals surface area (Å²) in [7, 11) is 1.76. The number of hydrazine groups is 1. The topological polar surface area (TPSA) is 47.3 Å². The Labute approximate surface area is 94.7 Å². The van der Waals surface area contributed by atoms with Gasteiger partial charge in [-0.05, 0) is 39.0 Å². The van der Waals surface area contributed by atoms with Gasteiger partial charge in [0.2, 0.25) is 0 Å². The van der Waals surface area contributed by atoms with Crippen LogP contribution in [0.2, 0.25) is 0 Å². The first kappa shape index (κ1) is 14.9. The Balaban J connectivity index is 3.89. The predicted octanol–water partition coefficient (Wildman–Crippen LogP) is 2.46. The van der Waals surface area contributed by atoms with Crippen molar-refractivity contribution in [2.24, 2.45) is 11.8 Å². The predicted molar refractivity (Wildman–Crippen MR) is 65.5 cm³/mol. The second-order valence-electron chi connectivity index (χ2n) is 5.12. The van der Waals surface area contributed by atoms with Crippen molar-refractivity contribution in [1.29, 1.82) is 0 Å². The lowest BCUT2D eigenvalue weighted by atomic mass is 9.93. The molecule has 0 fully saturated rings. The molecule has 3 nitrogen and oxygen atoms in total. The highest BCUT2D eigenvalue weighted by atomic mass is 16.5. The summed E-state index contributed by atoms with van der Waals surface area (Å²) >= 11 is 0. The van der Waals surface area contributed by atoms with E-state index in [1.165, 1.54) is 6.42 Å². The molecular formula is C12H28N2O. The molecule has 0 rings (SSSR count). The summed E-state index contributed by atoms with van der Waals surface area (Å²) in [6, 6.07) is 0.411. The number of hydrogen-bond donors (Lipinski definition) is 2. The van der Waals surface area contributed by atoms with Gasteiger partial charge in [-0.2, -0.15) is 0 Å². The van der Waals surface area contributed by atoms with E-state index >= 15 is 0 Å². The van der Waals surface area contributed by atoms with Crippen molar-refractivity contribution in [1.82, 2.24) is 5.43 Å². The lowest BCUT2D eigenvalue weighted by Gasteiger charge is -2.26. The fraction of sp³-hybridized carbons (Fsp3) is 1.00. The molecule has 0 aliphatic heterocycles. The molecule has 0 aliphatic rings. The number of rotatable bonds is 8. The monoisotopic (exact) mass is 216 g/mol. The average Bonchev–Trinajstić information content (AvgIpc) is 2.23. The molecule has 3 heteroatoms. The van der Waals surface area contributed by atoms with Crippen LogP contribution in [-0.4, -0.2) is 18.8 Å². The van der Waals surface area contributed by atoms with Crippen LogP contribution in [0.5, 0.6) is 0 Å². The van der Waals surface area contributed by atoms with Crippen LogP contribution >= 0.6 is 0 Å². The second kappa shape index (κ2) is 7.20. The molecule has 0 saturated carbocycles. The van der Waals surface area contributed by atoms with Crippen molar-refractivity contribution < 1.29 is 4.74 Å². The lowest BCUT2D eigenvalue weighted by Crippen LogP contribution is -2.38. The van der Waals surface area contributed by atoms with Crippen molar-refractivity contribution >= 4 is 0 Å². The molecule has 0 saturated heterocycles. The summed E-state index contributed by atoms with van der Waals surface area (Å²) in [6.07, 6.45) is 4.47. The maximum absolute atomic E-state index is 5.56. The lowest BCUT2D eigenvalue weighted by molar-refractivity contribution is 0.0112. The number of methoxy groups -OCH3 is 1. The van der Waals surface area contributed by atoms with Crippen LogP contribution < -0.4 is 11.3 Å². The van der Waals surface area contributed by atoms with Crippen LogP contribution in [0.3, 0.4) is 0 Å².